The maximum Gasteiger partial charge on any atom is 2.00 e. The maximum atomic E-state index is 8.25. The Labute approximate surface area is 73.2 Å². The Hall–Kier alpha value is -1.02. The van der Waals surface area contributed by atoms with Crippen molar-refractivity contribution in [2.24, 2.45) is 0 Å². The molecule has 9 nitrogen and oxygen atoms in total. The molecule has 11 heavy (non-hydrogen) atoms. The van der Waals surface area contributed by atoms with Gasteiger partial charge in [-0.2, -0.15) is 0 Å². The van der Waals surface area contributed by atoms with Crippen LogP contribution in [0.15, 0.2) is 0 Å². The molecular weight excluding hydrogens is 217 g/mol. The van der Waals surface area contributed by atoms with E-state index in [4.69, 9.17) is 35.7 Å². The van der Waals surface area contributed by atoms with Crippen molar-refractivity contribution in [1.82, 2.24) is 0 Å². The molecule has 0 aliphatic heterocycles. The molecule has 0 aromatic rings. The molecule has 0 aromatic heterocycles. The van der Waals surface area contributed by atoms with Crippen molar-refractivity contribution in [2.45, 2.75) is 0 Å². The third kappa shape index (κ3) is 424. The van der Waals surface area contributed by atoms with Gasteiger partial charge in [-0.1, -0.05) is 0 Å². The summed E-state index contributed by atoms with van der Waals surface area (Å²) in [5.74, 6) is 0. The number of aliphatic hydroxyl groups excluding tert-OH is 1. The summed E-state index contributed by atoms with van der Waals surface area (Å²) in [4.78, 5) is 16.5. The van der Waals surface area contributed by atoms with Crippen LogP contribution in [0.5, 0.6) is 0 Å². The maximum absolute atomic E-state index is 8.25. The Bertz CT molecular complexity index is 74.4. The Balaban J connectivity index is -0.0000000339. The van der Waals surface area contributed by atoms with E-state index in [0.717, 1.165) is 7.11 Å². The minimum absolute atomic E-state index is 0. The van der Waals surface area contributed by atoms with Crippen LogP contribution in [0.3, 0.4) is 0 Å². The molecule has 0 aromatic carbocycles. The van der Waals surface area contributed by atoms with Crippen LogP contribution in [0.25, 0.3) is 0 Å². The fourth-order valence-electron chi connectivity index (χ4n) is 0. The predicted octanol–water partition coefficient (Wildman–Crippen LogP) is -0.872. The van der Waals surface area contributed by atoms with Crippen molar-refractivity contribution < 1.29 is 34.8 Å². The minimum Gasteiger partial charge on any atom is -0.400 e. The Morgan fingerprint density at radius 2 is 0.909 bits per heavy atom. The SMILES string of the molecule is CO.O=[N+]([O-])[O-].O=[N+]([O-])[O-].[Zn+2]. The molecule has 0 heterocycles. The monoisotopic (exact) mass is 220 g/mol. The van der Waals surface area contributed by atoms with E-state index in [2.05, 4.69) is 0 Å². The fourth-order valence-corrected chi connectivity index (χ4v) is 0. The molecule has 0 saturated carbocycles. The minimum atomic E-state index is -1.75. The smallest absolute Gasteiger partial charge is 0.400 e. The van der Waals surface area contributed by atoms with Crippen molar-refractivity contribution >= 4 is 0 Å². The quantitative estimate of drug-likeness (QED) is 0.317. The van der Waals surface area contributed by atoms with Crippen LogP contribution in [0.1, 0.15) is 0 Å². The molecule has 0 rings (SSSR count). The van der Waals surface area contributed by atoms with Gasteiger partial charge in [-0.15, -0.1) is 0 Å². The first-order valence-corrected chi connectivity index (χ1v) is 1.54. The zero-order valence-electron chi connectivity index (χ0n) is 5.50. The molecule has 62 valence electrons. The molecule has 0 spiro atoms. The van der Waals surface area contributed by atoms with Crippen LogP contribution in [-0.4, -0.2) is 22.4 Å². The third-order valence-corrected chi connectivity index (χ3v) is 0. The zero-order valence-corrected chi connectivity index (χ0v) is 8.47. The predicted molar refractivity (Wildman–Crippen MR) is 28.9 cm³/mol. The van der Waals surface area contributed by atoms with Gasteiger partial charge < -0.3 is 35.7 Å². The molecule has 0 bridgehead atoms. The van der Waals surface area contributed by atoms with E-state index in [0.29, 0.717) is 0 Å². The molecule has 0 fully saturated rings. The van der Waals surface area contributed by atoms with Crippen LogP contribution < -0.4 is 0 Å². The first-order valence-electron chi connectivity index (χ1n) is 1.54. The van der Waals surface area contributed by atoms with Crippen molar-refractivity contribution in [3.8, 4) is 0 Å². The van der Waals surface area contributed by atoms with E-state index in [1.165, 1.54) is 0 Å². The second-order valence-electron chi connectivity index (χ2n) is 0.447. The topological polar surface area (TPSA) is 153 Å². The van der Waals surface area contributed by atoms with Crippen LogP contribution in [0, 0.1) is 30.6 Å². The van der Waals surface area contributed by atoms with Crippen molar-refractivity contribution in [3.63, 3.8) is 0 Å². The molecule has 0 aliphatic carbocycles. The van der Waals surface area contributed by atoms with Crippen LogP contribution in [-0.2, 0) is 19.5 Å². The Morgan fingerprint density at radius 1 is 0.909 bits per heavy atom. The van der Waals surface area contributed by atoms with Gasteiger partial charge in [0.05, 0.1) is 10.2 Å². The molecular formula is CH4N2O7Zn. The Kier molecular flexibility index (Phi) is 47.2. The van der Waals surface area contributed by atoms with Gasteiger partial charge in [-0.25, -0.2) is 0 Å². The van der Waals surface area contributed by atoms with Gasteiger partial charge in [0, 0.05) is 7.11 Å². The van der Waals surface area contributed by atoms with Gasteiger partial charge >= 0.3 is 19.5 Å². The molecule has 0 atom stereocenters. The van der Waals surface area contributed by atoms with Crippen LogP contribution in [0.4, 0.5) is 0 Å². The fraction of sp³-hybridized carbons (Fsp3) is 1.00. The standard InChI is InChI=1S/CH4O.2NO3.Zn/c1-2;2*2-1(3)4;/h2H,1H3;;;/q;2*-1;+2. The normalized spacial score (nSPS) is 4.91. The van der Waals surface area contributed by atoms with E-state index in [9.17, 15) is 0 Å². The summed E-state index contributed by atoms with van der Waals surface area (Å²) in [6.07, 6.45) is 0. The first-order chi connectivity index (χ1) is 4.46. The van der Waals surface area contributed by atoms with Crippen molar-refractivity contribution in [3.05, 3.63) is 30.6 Å². The largest absolute Gasteiger partial charge is 2.00 e. The summed E-state index contributed by atoms with van der Waals surface area (Å²) >= 11 is 0. The van der Waals surface area contributed by atoms with Crippen LogP contribution in [0.2, 0.25) is 0 Å². The Morgan fingerprint density at radius 3 is 0.909 bits per heavy atom. The second kappa shape index (κ2) is 23.1. The summed E-state index contributed by atoms with van der Waals surface area (Å²) < 4.78 is 0. The van der Waals surface area contributed by atoms with Gasteiger partial charge in [0.2, 0.25) is 0 Å². The molecule has 0 radical (unpaired) electrons. The summed E-state index contributed by atoms with van der Waals surface area (Å²) in [7, 11) is 1.00. The zero-order chi connectivity index (χ0) is 9.15. The average Bonchev–Trinajstić information content (AvgIpc) is 1.66. The van der Waals surface area contributed by atoms with Gasteiger partial charge in [0.1, 0.15) is 0 Å². The van der Waals surface area contributed by atoms with Crippen LogP contribution >= 0.6 is 0 Å². The number of hydrogen-bond donors (Lipinski definition) is 1. The molecule has 10 heteroatoms. The third-order valence-electron chi connectivity index (χ3n) is 0. The summed E-state index contributed by atoms with van der Waals surface area (Å²) in [5, 5.41) is 36.5. The number of aliphatic hydroxyl groups is 1. The number of nitrogens with zero attached hydrogens (tertiary/aromatic N) is 2. The first kappa shape index (κ1) is 22.5. The second-order valence-corrected chi connectivity index (χ2v) is 0.447. The molecule has 0 aliphatic rings. The summed E-state index contributed by atoms with van der Waals surface area (Å²) in [6.45, 7) is 0. The van der Waals surface area contributed by atoms with E-state index < -0.39 is 10.2 Å². The van der Waals surface area contributed by atoms with Gasteiger partial charge in [-0.05, 0) is 0 Å². The van der Waals surface area contributed by atoms with E-state index >= 15 is 0 Å². The molecule has 0 unspecified atom stereocenters. The number of rotatable bonds is 0. The number of hydrogen-bond acceptors (Lipinski definition) is 7. The average molecular weight is 221 g/mol. The van der Waals surface area contributed by atoms with Gasteiger partial charge in [0.25, 0.3) is 0 Å². The molecule has 0 saturated heterocycles. The molecule has 1 N–H and O–H groups in total. The van der Waals surface area contributed by atoms with Gasteiger partial charge in [0.15, 0.2) is 0 Å². The van der Waals surface area contributed by atoms with Gasteiger partial charge in [-0.3, -0.25) is 0 Å². The summed E-state index contributed by atoms with van der Waals surface area (Å²) in [5.41, 5.74) is 0. The van der Waals surface area contributed by atoms with E-state index in [1.54, 1.807) is 0 Å². The van der Waals surface area contributed by atoms with E-state index in [1.807, 2.05) is 0 Å². The van der Waals surface area contributed by atoms with Crippen molar-refractivity contribution in [2.75, 3.05) is 7.11 Å². The molecule has 0 amide bonds. The van der Waals surface area contributed by atoms with Crippen molar-refractivity contribution in [1.29, 1.82) is 0 Å². The summed E-state index contributed by atoms with van der Waals surface area (Å²) in [6, 6.07) is 0. The van der Waals surface area contributed by atoms with E-state index in [-0.39, 0.29) is 19.5 Å².